The Morgan fingerprint density at radius 2 is 2.22 bits per heavy atom. The molecule has 23 heavy (non-hydrogen) atoms. The van der Waals surface area contributed by atoms with Gasteiger partial charge in [0.1, 0.15) is 0 Å². The second-order valence-electron chi connectivity index (χ2n) is 6.43. The minimum atomic E-state index is -0.0619. The molecule has 2 aromatic rings. The molecule has 1 amide bonds. The minimum Gasteiger partial charge on any atom is -0.352 e. The molecule has 0 spiro atoms. The van der Waals surface area contributed by atoms with Gasteiger partial charge in [-0.05, 0) is 52.0 Å². The SMILES string of the molecule is CC(C)n1ncc2cc(C(=O)NCCC3=CCCCC3)cnc21. The van der Waals surface area contributed by atoms with Crippen LogP contribution in [0.5, 0.6) is 0 Å². The highest BCUT2D eigenvalue weighted by molar-refractivity contribution is 5.96. The molecule has 1 N–H and O–H groups in total. The summed E-state index contributed by atoms with van der Waals surface area (Å²) < 4.78 is 1.87. The van der Waals surface area contributed by atoms with Crippen molar-refractivity contribution in [2.45, 2.75) is 52.0 Å². The smallest absolute Gasteiger partial charge is 0.252 e. The summed E-state index contributed by atoms with van der Waals surface area (Å²) >= 11 is 0. The second kappa shape index (κ2) is 6.94. The van der Waals surface area contributed by atoms with Gasteiger partial charge in [0.2, 0.25) is 0 Å². The van der Waals surface area contributed by atoms with Crippen LogP contribution in [0.1, 0.15) is 62.4 Å². The van der Waals surface area contributed by atoms with Gasteiger partial charge in [-0.15, -0.1) is 0 Å². The quantitative estimate of drug-likeness (QED) is 0.858. The zero-order valence-corrected chi connectivity index (χ0v) is 13.9. The Bertz CT molecular complexity index is 730. The first-order chi connectivity index (χ1) is 11.1. The van der Waals surface area contributed by atoms with Crippen molar-refractivity contribution in [1.29, 1.82) is 0 Å². The minimum absolute atomic E-state index is 0.0619. The third-order valence-corrected chi connectivity index (χ3v) is 4.30. The van der Waals surface area contributed by atoms with Crippen LogP contribution in [-0.2, 0) is 0 Å². The van der Waals surface area contributed by atoms with Crippen molar-refractivity contribution < 1.29 is 4.79 Å². The lowest BCUT2D eigenvalue weighted by Gasteiger charge is -2.13. The van der Waals surface area contributed by atoms with E-state index in [2.05, 4.69) is 35.3 Å². The van der Waals surface area contributed by atoms with Gasteiger partial charge in [0.25, 0.3) is 5.91 Å². The summed E-state index contributed by atoms with van der Waals surface area (Å²) in [4.78, 5) is 16.7. The average Bonchev–Trinajstić information content (AvgIpc) is 2.99. The molecule has 0 fully saturated rings. The lowest BCUT2D eigenvalue weighted by atomic mass is 9.97. The monoisotopic (exact) mass is 312 g/mol. The van der Waals surface area contributed by atoms with Gasteiger partial charge in [0, 0.05) is 24.2 Å². The van der Waals surface area contributed by atoms with E-state index in [4.69, 9.17) is 0 Å². The van der Waals surface area contributed by atoms with Crippen molar-refractivity contribution in [3.8, 4) is 0 Å². The van der Waals surface area contributed by atoms with E-state index in [-0.39, 0.29) is 11.9 Å². The Morgan fingerprint density at radius 3 is 2.96 bits per heavy atom. The first-order valence-electron chi connectivity index (χ1n) is 8.44. The van der Waals surface area contributed by atoms with Gasteiger partial charge >= 0.3 is 0 Å². The fourth-order valence-electron chi connectivity index (χ4n) is 3.01. The molecular formula is C18H24N4O. The molecule has 0 saturated heterocycles. The number of amides is 1. The summed E-state index contributed by atoms with van der Waals surface area (Å²) in [6, 6.07) is 2.12. The number of fused-ring (bicyclic) bond motifs is 1. The first-order valence-corrected chi connectivity index (χ1v) is 8.44. The van der Waals surface area contributed by atoms with Crippen LogP contribution in [0.15, 0.2) is 30.1 Å². The number of aromatic nitrogens is 3. The summed E-state index contributed by atoms with van der Waals surface area (Å²) in [5, 5.41) is 8.23. The van der Waals surface area contributed by atoms with Crippen LogP contribution in [0, 0.1) is 0 Å². The van der Waals surface area contributed by atoms with Gasteiger partial charge in [0.05, 0.1) is 11.8 Å². The number of hydrogen-bond acceptors (Lipinski definition) is 3. The number of nitrogens with one attached hydrogen (secondary N) is 1. The number of hydrogen-bond donors (Lipinski definition) is 1. The van der Waals surface area contributed by atoms with Gasteiger partial charge in [-0.25, -0.2) is 9.67 Å². The lowest BCUT2D eigenvalue weighted by Crippen LogP contribution is -2.25. The molecule has 1 aliphatic carbocycles. The average molecular weight is 312 g/mol. The van der Waals surface area contributed by atoms with Gasteiger partial charge in [-0.1, -0.05) is 11.6 Å². The number of nitrogens with zero attached hydrogens (tertiary/aromatic N) is 3. The Labute approximate surface area is 136 Å². The van der Waals surface area contributed by atoms with Crippen molar-refractivity contribution in [3.05, 3.63) is 35.7 Å². The van der Waals surface area contributed by atoms with E-state index in [1.807, 2.05) is 10.7 Å². The molecule has 5 heteroatoms. The maximum atomic E-state index is 12.3. The van der Waals surface area contributed by atoms with Gasteiger partial charge in [-0.2, -0.15) is 5.10 Å². The van der Waals surface area contributed by atoms with Crippen LogP contribution in [0.2, 0.25) is 0 Å². The van der Waals surface area contributed by atoms with Crippen LogP contribution in [0.4, 0.5) is 0 Å². The normalized spacial score (nSPS) is 15.0. The van der Waals surface area contributed by atoms with E-state index < -0.39 is 0 Å². The molecule has 2 heterocycles. The van der Waals surface area contributed by atoms with Crippen LogP contribution < -0.4 is 5.32 Å². The zero-order valence-electron chi connectivity index (χ0n) is 13.9. The topological polar surface area (TPSA) is 59.8 Å². The highest BCUT2D eigenvalue weighted by Gasteiger charge is 2.12. The van der Waals surface area contributed by atoms with E-state index in [1.165, 1.54) is 31.3 Å². The lowest BCUT2D eigenvalue weighted by molar-refractivity contribution is 0.0954. The van der Waals surface area contributed by atoms with E-state index >= 15 is 0 Å². The highest BCUT2D eigenvalue weighted by atomic mass is 16.1. The Kier molecular flexibility index (Phi) is 4.74. The molecule has 0 unspecified atom stereocenters. The summed E-state index contributed by atoms with van der Waals surface area (Å²) in [6.07, 6.45) is 11.6. The number of allylic oxidation sites excluding steroid dienone is 1. The van der Waals surface area contributed by atoms with Gasteiger partial charge in [0.15, 0.2) is 5.65 Å². The molecule has 1 aliphatic rings. The molecule has 0 saturated carbocycles. The Hall–Kier alpha value is -2.17. The Morgan fingerprint density at radius 1 is 1.35 bits per heavy atom. The largest absolute Gasteiger partial charge is 0.352 e. The maximum absolute atomic E-state index is 12.3. The first kappa shape index (κ1) is 15.7. The van der Waals surface area contributed by atoms with E-state index in [0.29, 0.717) is 12.1 Å². The molecule has 0 atom stereocenters. The van der Waals surface area contributed by atoms with Crippen LogP contribution in [0.25, 0.3) is 11.0 Å². The third-order valence-electron chi connectivity index (χ3n) is 4.30. The molecule has 0 aliphatic heterocycles. The molecule has 0 bridgehead atoms. The highest BCUT2D eigenvalue weighted by Crippen LogP contribution is 2.20. The fourth-order valence-corrected chi connectivity index (χ4v) is 3.01. The molecule has 0 radical (unpaired) electrons. The van der Waals surface area contributed by atoms with Gasteiger partial charge in [-0.3, -0.25) is 4.79 Å². The van der Waals surface area contributed by atoms with Crippen LogP contribution in [0.3, 0.4) is 0 Å². The van der Waals surface area contributed by atoms with Crippen molar-refractivity contribution in [2.75, 3.05) is 6.54 Å². The summed E-state index contributed by atoms with van der Waals surface area (Å²) in [7, 11) is 0. The number of carbonyl (C=O) groups excluding carboxylic acids is 1. The molecule has 2 aromatic heterocycles. The summed E-state index contributed by atoms with van der Waals surface area (Å²) in [5.74, 6) is -0.0619. The predicted molar refractivity (Wildman–Crippen MR) is 91.4 cm³/mol. The van der Waals surface area contributed by atoms with Crippen molar-refractivity contribution in [1.82, 2.24) is 20.1 Å². The maximum Gasteiger partial charge on any atom is 0.252 e. The number of carbonyl (C=O) groups is 1. The van der Waals surface area contributed by atoms with Gasteiger partial charge < -0.3 is 5.32 Å². The molecule has 0 aromatic carbocycles. The molecular weight excluding hydrogens is 288 g/mol. The molecule has 3 rings (SSSR count). The summed E-state index contributed by atoms with van der Waals surface area (Å²) in [6.45, 7) is 4.82. The molecule has 122 valence electrons. The standard InChI is InChI=1S/C18H24N4O/c1-13(2)22-17-15(12-21-22)10-16(11-20-17)18(23)19-9-8-14-6-4-3-5-7-14/h6,10-13H,3-5,7-9H2,1-2H3,(H,19,23). The van der Waals surface area contributed by atoms with E-state index in [0.717, 1.165) is 17.5 Å². The number of pyridine rings is 1. The van der Waals surface area contributed by atoms with Crippen molar-refractivity contribution in [3.63, 3.8) is 0 Å². The van der Waals surface area contributed by atoms with E-state index in [1.54, 1.807) is 12.4 Å². The van der Waals surface area contributed by atoms with E-state index in [9.17, 15) is 4.79 Å². The fraction of sp³-hybridized carbons (Fsp3) is 0.500. The third kappa shape index (κ3) is 3.60. The van der Waals surface area contributed by atoms with Crippen LogP contribution in [-0.4, -0.2) is 27.2 Å². The van der Waals surface area contributed by atoms with Crippen molar-refractivity contribution >= 4 is 16.9 Å². The van der Waals surface area contributed by atoms with Crippen LogP contribution >= 0.6 is 0 Å². The Balaban J connectivity index is 1.63. The summed E-state index contributed by atoms with van der Waals surface area (Å²) in [5.41, 5.74) is 2.89. The zero-order chi connectivity index (χ0) is 16.2. The predicted octanol–water partition coefficient (Wildman–Crippen LogP) is 3.63. The van der Waals surface area contributed by atoms with Crippen molar-refractivity contribution in [2.24, 2.45) is 0 Å². The molecule has 5 nitrogen and oxygen atoms in total. The number of rotatable bonds is 5. The second-order valence-corrected chi connectivity index (χ2v) is 6.43.